The van der Waals surface area contributed by atoms with E-state index < -0.39 is 15.3 Å². The highest BCUT2D eigenvalue weighted by molar-refractivity contribution is 7.89. The highest BCUT2D eigenvalue weighted by atomic mass is 32.2. The van der Waals surface area contributed by atoms with E-state index in [0.717, 1.165) is 6.42 Å². The Bertz CT molecular complexity index is 355. The summed E-state index contributed by atoms with van der Waals surface area (Å²) < 4.78 is 22.3. The molecule has 7 heteroatoms. The van der Waals surface area contributed by atoms with Crippen molar-refractivity contribution in [2.24, 2.45) is 10.9 Å². The van der Waals surface area contributed by atoms with E-state index in [4.69, 9.17) is 10.9 Å². The third-order valence-electron chi connectivity index (χ3n) is 3.00. The molecule has 94 valence electrons. The first-order chi connectivity index (χ1) is 7.40. The average Bonchev–Trinajstić information content (AvgIpc) is 2.56. The van der Waals surface area contributed by atoms with Crippen molar-refractivity contribution in [3.8, 4) is 0 Å². The molecule has 1 aliphatic heterocycles. The first kappa shape index (κ1) is 13.4. The van der Waals surface area contributed by atoms with Crippen molar-refractivity contribution < 1.29 is 13.2 Å². The van der Waals surface area contributed by atoms with Crippen LogP contribution in [-0.2, 0) is 14.8 Å². The predicted octanol–water partition coefficient (Wildman–Crippen LogP) is -0.997. The lowest BCUT2D eigenvalue weighted by Crippen LogP contribution is -2.39. The molecule has 16 heavy (non-hydrogen) atoms. The number of carbonyl (C=O) groups is 1. The third kappa shape index (κ3) is 2.93. The Labute approximate surface area is 96.0 Å². The molecule has 1 aliphatic rings. The van der Waals surface area contributed by atoms with Crippen molar-refractivity contribution in [1.82, 2.24) is 4.90 Å². The molecule has 0 aromatic heterocycles. The standard InChI is InChI=1S/C9H19N3O3S/c1-2-7(3-4-10)12-6-8(5-9(12)13)16(11,14)15/h7-8H,2-6,10H2,1H3,(H2,11,14,15). The molecule has 1 rings (SSSR count). The number of rotatable bonds is 5. The predicted molar refractivity (Wildman–Crippen MR) is 61.0 cm³/mol. The number of nitrogens with zero attached hydrogens (tertiary/aromatic N) is 1. The highest BCUT2D eigenvalue weighted by Gasteiger charge is 2.38. The zero-order valence-corrected chi connectivity index (χ0v) is 10.2. The number of nitrogens with two attached hydrogens (primary N) is 2. The Hall–Kier alpha value is -0.660. The second kappa shape index (κ2) is 5.11. The second-order valence-electron chi connectivity index (χ2n) is 4.10. The molecule has 0 aromatic carbocycles. The summed E-state index contributed by atoms with van der Waals surface area (Å²) in [5, 5.41) is 4.29. The molecule has 2 atom stereocenters. The lowest BCUT2D eigenvalue weighted by Gasteiger charge is -2.26. The molecule has 6 nitrogen and oxygen atoms in total. The van der Waals surface area contributed by atoms with Gasteiger partial charge in [-0.3, -0.25) is 4.79 Å². The fourth-order valence-electron chi connectivity index (χ4n) is 2.04. The van der Waals surface area contributed by atoms with E-state index in [2.05, 4.69) is 0 Å². The van der Waals surface area contributed by atoms with Crippen molar-refractivity contribution in [2.45, 2.75) is 37.5 Å². The van der Waals surface area contributed by atoms with Gasteiger partial charge in [-0.2, -0.15) is 0 Å². The van der Waals surface area contributed by atoms with E-state index in [-0.39, 0.29) is 24.9 Å². The number of hydrogen-bond acceptors (Lipinski definition) is 4. The maximum atomic E-state index is 11.7. The van der Waals surface area contributed by atoms with Gasteiger partial charge in [-0.05, 0) is 19.4 Å². The molecule has 0 aromatic rings. The second-order valence-corrected chi connectivity index (χ2v) is 5.95. The maximum absolute atomic E-state index is 11.7. The summed E-state index contributed by atoms with van der Waals surface area (Å²) in [5.41, 5.74) is 5.46. The van der Waals surface area contributed by atoms with Crippen molar-refractivity contribution in [1.29, 1.82) is 0 Å². The fourth-order valence-corrected chi connectivity index (χ4v) is 2.79. The van der Waals surface area contributed by atoms with E-state index >= 15 is 0 Å². The zero-order chi connectivity index (χ0) is 12.3. The van der Waals surface area contributed by atoms with Gasteiger partial charge in [-0.15, -0.1) is 0 Å². The molecule has 4 N–H and O–H groups in total. The topological polar surface area (TPSA) is 106 Å². The van der Waals surface area contributed by atoms with Crippen LogP contribution in [-0.4, -0.2) is 43.6 Å². The number of sulfonamides is 1. The van der Waals surface area contributed by atoms with Crippen LogP contribution in [0.3, 0.4) is 0 Å². The minimum Gasteiger partial charge on any atom is -0.338 e. The highest BCUT2D eigenvalue weighted by Crippen LogP contribution is 2.21. The lowest BCUT2D eigenvalue weighted by molar-refractivity contribution is -0.129. The SMILES string of the molecule is CCC(CCN)N1CC(S(N)(=O)=O)CC1=O. The Morgan fingerprint density at radius 1 is 1.56 bits per heavy atom. The number of primary sulfonamides is 1. The minimum absolute atomic E-state index is 0.0000945. The van der Waals surface area contributed by atoms with Gasteiger partial charge in [0, 0.05) is 19.0 Å². The molecule has 2 unspecified atom stereocenters. The Morgan fingerprint density at radius 2 is 2.19 bits per heavy atom. The lowest BCUT2D eigenvalue weighted by atomic mass is 10.1. The Morgan fingerprint density at radius 3 is 2.56 bits per heavy atom. The van der Waals surface area contributed by atoms with E-state index in [1.807, 2.05) is 6.92 Å². The van der Waals surface area contributed by atoms with Gasteiger partial charge in [0.25, 0.3) is 0 Å². The summed E-state index contributed by atoms with van der Waals surface area (Å²) in [6, 6.07) is 0.0317. The van der Waals surface area contributed by atoms with Gasteiger partial charge in [-0.1, -0.05) is 6.92 Å². The van der Waals surface area contributed by atoms with E-state index in [9.17, 15) is 13.2 Å². The molecule has 1 saturated heterocycles. The summed E-state index contributed by atoms with van der Waals surface area (Å²) >= 11 is 0. The molecule has 1 amide bonds. The molecule has 1 heterocycles. The van der Waals surface area contributed by atoms with Gasteiger partial charge in [0.15, 0.2) is 0 Å². The van der Waals surface area contributed by atoms with Crippen LogP contribution in [0.5, 0.6) is 0 Å². The van der Waals surface area contributed by atoms with Crippen LogP contribution in [0.1, 0.15) is 26.2 Å². The van der Waals surface area contributed by atoms with Crippen LogP contribution in [0, 0.1) is 0 Å². The van der Waals surface area contributed by atoms with Crippen LogP contribution in [0.25, 0.3) is 0 Å². The zero-order valence-electron chi connectivity index (χ0n) is 9.43. The first-order valence-corrected chi connectivity index (χ1v) is 7.02. The normalized spacial score (nSPS) is 23.8. The number of amides is 1. The van der Waals surface area contributed by atoms with Crippen LogP contribution < -0.4 is 10.9 Å². The maximum Gasteiger partial charge on any atom is 0.224 e. The monoisotopic (exact) mass is 249 g/mol. The Balaban J connectivity index is 2.74. The van der Waals surface area contributed by atoms with Crippen molar-refractivity contribution in [3.05, 3.63) is 0 Å². The fraction of sp³-hybridized carbons (Fsp3) is 0.889. The van der Waals surface area contributed by atoms with Gasteiger partial charge in [0.05, 0.1) is 0 Å². The van der Waals surface area contributed by atoms with Gasteiger partial charge < -0.3 is 10.6 Å². The van der Waals surface area contributed by atoms with Gasteiger partial charge in [0.1, 0.15) is 5.25 Å². The van der Waals surface area contributed by atoms with Crippen LogP contribution in [0.2, 0.25) is 0 Å². The molecule has 0 spiro atoms. The molecule has 0 aliphatic carbocycles. The molecular weight excluding hydrogens is 230 g/mol. The average molecular weight is 249 g/mol. The van der Waals surface area contributed by atoms with E-state index in [1.54, 1.807) is 4.90 Å². The van der Waals surface area contributed by atoms with E-state index in [0.29, 0.717) is 13.0 Å². The molecular formula is C9H19N3O3S. The summed E-state index contributed by atoms with van der Waals surface area (Å²) in [5.74, 6) is -0.140. The summed E-state index contributed by atoms with van der Waals surface area (Å²) in [4.78, 5) is 13.3. The third-order valence-corrected chi connectivity index (χ3v) is 4.24. The smallest absolute Gasteiger partial charge is 0.224 e. The number of carbonyl (C=O) groups excluding carboxylic acids is 1. The van der Waals surface area contributed by atoms with Gasteiger partial charge >= 0.3 is 0 Å². The number of likely N-dealkylation sites (tertiary alicyclic amines) is 1. The van der Waals surface area contributed by atoms with Crippen molar-refractivity contribution in [2.75, 3.05) is 13.1 Å². The van der Waals surface area contributed by atoms with E-state index in [1.165, 1.54) is 0 Å². The van der Waals surface area contributed by atoms with Crippen LogP contribution in [0.4, 0.5) is 0 Å². The molecule has 0 radical (unpaired) electrons. The van der Waals surface area contributed by atoms with Gasteiger partial charge in [0.2, 0.25) is 15.9 Å². The van der Waals surface area contributed by atoms with Crippen molar-refractivity contribution in [3.63, 3.8) is 0 Å². The van der Waals surface area contributed by atoms with Crippen LogP contribution in [0.15, 0.2) is 0 Å². The minimum atomic E-state index is -3.62. The Kier molecular flexibility index (Phi) is 4.28. The molecule has 0 bridgehead atoms. The van der Waals surface area contributed by atoms with Gasteiger partial charge in [-0.25, -0.2) is 13.6 Å². The number of hydrogen-bond donors (Lipinski definition) is 2. The van der Waals surface area contributed by atoms with Crippen molar-refractivity contribution >= 4 is 15.9 Å². The first-order valence-electron chi connectivity index (χ1n) is 5.41. The molecule has 1 fully saturated rings. The summed E-state index contributed by atoms with van der Waals surface area (Å²) in [7, 11) is -3.62. The molecule has 0 saturated carbocycles. The summed E-state index contributed by atoms with van der Waals surface area (Å²) in [6.07, 6.45) is 1.47. The largest absolute Gasteiger partial charge is 0.338 e. The van der Waals surface area contributed by atoms with Crippen LogP contribution >= 0.6 is 0 Å². The summed E-state index contributed by atoms with van der Waals surface area (Å²) in [6.45, 7) is 2.65. The quantitative estimate of drug-likeness (QED) is 0.652.